The highest BCUT2D eigenvalue weighted by atomic mass is 16.6. The molecule has 1 fully saturated rings. The minimum Gasteiger partial charge on any atom is -0.460 e. The molecule has 0 unspecified atom stereocenters. The number of carbonyl (C=O) groups is 1. The summed E-state index contributed by atoms with van der Waals surface area (Å²) >= 11 is 0. The molecule has 0 saturated heterocycles. The standard InChI is InChI=1S/C10H18O4/c1-8(11)13-7-10(12)14-9-5-3-2-4-6-9/h9-10,12H,2-7H2,1H3/t10-/m1/s1. The second-order valence-corrected chi connectivity index (χ2v) is 3.65. The van der Waals surface area contributed by atoms with E-state index in [1.165, 1.54) is 13.3 Å². The van der Waals surface area contributed by atoms with Crippen LogP contribution in [0.2, 0.25) is 0 Å². The maximum absolute atomic E-state index is 10.5. The van der Waals surface area contributed by atoms with Crippen molar-refractivity contribution in [2.24, 2.45) is 0 Å². The summed E-state index contributed by atoms with van der Waals surface area (Å²) in [5.41, 5.74) is 0. The Bertz CT molecular complexity index is 175. The Hall–Kier alpha value is -0.610. The molecular formula is C10H18O4. The van der Waals surface area contributed by atoms with Crippen LogP contribution in [0.4, 0.5) is 0 Å². The molecule has 1 saturated carbocycles. The number of carbonyl (C=O) groups excluding carboxylic acids is 1. The average molecular weight is 202 g/mol. The summed E-state index contributed by atoms with van der Waals surface area (Å²) in [5, 5.41) is 9.35. The van der Waals surface area contributed by atoms with Crippen LogP contribution in [0.1, 0.15) is 39.0 Å². The Morgan fingerprint density at radius 2 is 2.07 bits per heavy atom. The van der Waals surface area contributed by atoms with Crippen molar-refractivity contribution in [2.75, 3.05) is 6.61 Å². The molecule has 0 amide bonds. The van der Waals surface area contributed by atoms with Gasteiger partial charge in [0.2, 0.25) is 0 Å². The van der Waals surface area contributed by atoms with Gasteiger partial charge < -0.3 is 14.6 Å². The first-order chi connectivity index (χ1) is 6.68. The first-order valence-electron chi connectivity index (χ1n) is 5.15. The molecule has 4 nitrogen and oxygen atoms in total. The van der Waals surface area contributed by atoms with E-state index in [0.29, 0.717) is 0 Å². The van der Waals surface area contributed by atoms with Gasteiger partial charge in [-0.05, 0) is 12.8 Å². The van der Waals surface area contributed by atoms with E-state index in [0.717, 1.165) is 25.7 Å². The zero-order valence-corrected chi connectivity index (χ0v) is 8.57. The van der Waals surface area contributed by atoms with E-state index in [-0.39, 0.29) is 12.7 Å². The minimum atomic E-state index is -0.970. The van der Waals surface area contributed by atoms with Gasteiger partial charge >= 0.3 is 5.97 Å². The molecule has 1 N–H and O–H groups in total. The van der Waals surface area contributed by atoms with E-state index >= 15 is 0 Å². The normalized spacial score (nSPS) is 20.4. The van der Waals surface area contributed by atoms with Crippen molar-refractivity contribution >= 4 is 5.97 Å². The van der Waals surface area contributed by atoms with E-state index in [2.05, 4.69) is 4.74 Å². The van der Waals surface area contributed by atoms with E-state index in [1.807, 2.05) is 0 Å². The number of hydrogen-bond acceptors (Lipinski definition) is 4. The van der Waals surface area contributed by atoms with Gasteiger partial charge in [-0.3, -0.25) is 4.79 Å². The van der Waals surface area contributed by atoms with E-state index < -0.39 is 12.3 Å². The summed E-state index contributed by atoms with van der Waals surface area (Å²) in [4.78, 5) is 10.5. The maximum Gasteiger partial charge on any atom is 0.302 e. The predicted octanol–water partition coefficient (Wildman–Crippen LogP) is 1.22. The number of aliphatic hydroxyl groups excluding tert-OH is 1. The van der Waals surface area contributed by atoms with Crippen molar-refractivity contribution in [2.45, 2.75) is 51.4 Å². The molecule has 1 aliphatic carbocycles. The molecule has 0 heterocycles. The van der Waals surface area contributed by atoms with E-state index in [9.17, 15) is 9.90 Å². The van der Waals surface area contributed by atoms with Crippen LogP contribution in [0.15, 0.2) is 0 Å². The molecule has 1 rings (SSSR count). The van der Waals surface area contributed by atoms with Crippen LogP contribution >= 0.6 is 0 Å². The summed E-state index contributed by atoms with van der Waals surface area (Å²) in [5.74, 6) is -0.392. The van der Waals surface area contributed by atoms with Gasteiger partial charge in [-0.15, -0.1) is 0 Å². The van der Waals surface area contributed by atoms with Crippen molar-refractivity contribution in [1.82, 2.24) is 0 Å². The van der Waals surface area contributed by atoms with Gasteiger partial charge in [0.05, 0.1) is 6.10 Å². The number of ether oxygens (including phenoxy) is 2. The topological polar surface area (TPSA) is 55.8 Å². The van der Waals surface area contributed by atoms with Crippen molar-refractivity contribution in [3.05, 3.63) is 0 Å². The minimum absolute atomic E-state index is 0.0637. The Labute approximate surface area is 84.2 Å². The number of esters is 1. The SMILES string of the molecule is CC(=O)OC[C@H](O)OC1CCCCC1. The first kappa shape index (κ1) is 11.5. The molecule has 1 aliphatic rings. The zero-order valence-electron chi connectivity index (χ0n) is 8.57. The van der Waals surface area contributed by atoms with Crippen LogP contribution in [0, 0.1) is 0 Å². The third-order valence-corrected chi connectivity index (χ3v) is 2.33. The molecule has 0 radical (unpaired) electrons. The fourth-order valence-corrected chi connectivity index (χ4v) is 1.65. The molecule has 4 heteroatoms. The average Bonchev–Trinajstić information content (AvgIpc) is 2.16. The van der Waals surface area contributed by atoms with Crippen molar-refractivity contribution in [3.63, 3.8) is 0 Å². The lowest BCUT2D eigenvalue weighted by Gasteiger charge is -2.24. The van der Waals surface area contributed by atoms with Crippen LogP contribution in [0.5, 0.6) is 0 Å². The largest absolute Gasteiger partial charge is 0.460 e. The van der Waals surface area contributed by atoms with Crippen molar-refractivity contribution in [3.8, 4) is 0 Å². The second-order valence-electron chi connectivity index (χ2n) is 3.65. The van der Waals surface area contributed by atoms with Crippen molar-refractivity contribution in [1.29, 1.82) is 0 Å². The highest BCUT2D eigenvalue weighted by molar-refractivity contribution is 5.65. The van der Waals surface area contributed by atoms with Gasteiger partial charge in [-0.25, -0.2) is 0 Å². The molecule has 0 aromatic carbocycles. The lowest BCUT2D eigenvalue weighted by atomic mass is 9.98. The predicted molar refractivity (Wildman–Crippen MR) is 50.6 cm³/mol. The molecule has 0 aromatic heterocycles. The van der Waals surface area contributed by atoms with Crippen LogP contribution in [-0.4, -0.2) is 30.1 Å². The monoisotopic (exact) mass is 202 g/mol. The lowest BCUT2D eigenvalue weighted by molar-refractivity contribution is -0.180. The number of aliphatic hydroxyl groups is 1. The van der Waals surface area contributed by atoms with E-state index in [1.54, 1.807) is 0 Å². The lowest BCUT2D eigenvalue weighted by Crippen LogP contribution is -2.28. The molecule has 0 aliphatic heterocycles. The Morgan fingerprint density at radius 3 is 2.64 bits per heavy atom. The smallest absolute Gasteiger partial charge is 0.302 e. The molecule has 0 spiro atoms. The summed E-state index contributed by atoms with van der Waals surface area (Å²) in [6.45, 7) is 1.25. The molecule has 82 valence electrons. The Kier molecular flexibility index (Phi) is 4.90. The van der Waals surface area contributed by atoms with Gasteiger partial charge in [0, 0.05) is 6.92 Å². The van der Waals surface area contributed by atoms with Crippen LogP contribution < -0.4 is 0 Å². The summed E-state index contributed by atoms with van der Waals surface area (Å²) < 4.78 is 9.95. The maximum atomic E-state index is 10.5. The Morgan fingerprint density at radius 1 is 1.43 bits per heavy atom. The van der Waals surface area contributed by atoms with Crippen LogP contribution in [-0.2, 0) is 14.3 Å². The van der Waals surface area contributed by atoms with Gasteiger partial charge in [-0.2, -0.15) is 0 Å². The molecule has 0 bridgehead atoms. The quantitative estimate of drug-likeness (QED) is 0.550. The number of rotatable bonds is 4. The van der Waals surface area contributed by atoms with Gasteiger partial charge in [0.1, 0.15) is 6.61 Å². The Balaban J connectivity index is 2.11. The second kappa shape index (κ2) is 5.98. The molecular weight excluding hydrogens is 184 g/mol. The molecule has 1 atom stereocenters. The highest BCUT2D eigenvalue weighted by Crippen LogP contribution is 2.20. The molecule has 14 heavy (non-hydrogen) atoms. The van der Waals surface area contributed by atoms with E-state index in [4.69, 9.17) is 4.74 Å². The summed E-state index contributed by atoms with van der Waals surface area (Å²) in [6, 6.07) is 0. The van der Waals surface area contributed by atoms with Crippen LogP contribution in [0.3, 0.4) is 0 Å². The fourth-order valence-electron chi connectivity index (χ4n) is 1.65. The van der Waals surface area contributed by atoms with Crippen molar-refractivity contribution < 1.29 is 19.4 Å². The molecule has 0 aromatic rings. The van der Waals surface area contributed by atoms with Gasteiger partial charge in [0.15, 0.2) is 6.29 Å². The van der Waals surface area contributed by atoms with Gasteiger partial charge in [-0.1, -0.05) is 19.3 Å². The van der Waals surface area contributed by atoms with Crippen LogP contribution in [0.25, 0.3) is 0 Å². The summed E-state index contributed by atoms with van der Waals surface area (Å²) in [6.07, 6.45) is 4.72. The van der Waals surface area contributed by atoms with Gasteiger partial charge in [0.25, 0.3) is 0 Å². The summed E-state index contributed by atoms with van der Waals surface area (Å²) in [7, 11) is 0. The number of hydrogen-bond donors (Lipinski definition) is 1. The third kappa shape index (κ3) is 4.58. The third-order valence-electron chi connectivity index (χ3n) is 2.33. The highest BCUT2D eigenvalue weighted by Gasteiger charge is 2.18. The zero-order chi connectivity index (χ0) is 10.4. The first-order valence-corrected chi connectivity index (χ1v) is 5.15. The fraction of sp³-hybridized carbons (Fsp3) is 0.900.